The van der Waals surface area contributed by atoms with Gasteiger partial charge in [0, 0.05) is 31.0 Å². The Morgan fingerprint density at radius 1 is 1.16 bits per heavy atom. The molecule has 1 saturated heterocycles. The van der Waals surface area contributed by atoms with Crippen LogP contribution in [0.3, 0.4) is 0 Å². The fourth-order valence-corrected chi connectivity index (χ4v) is 2.54. The van der Waals surface area contributed by atoms with Crippen molar-refractivity contribution in [2.45, 2.75) is 18.1 Å². The summed E-state index contributed by atoms with van der Waals surface area (Å²) in [5.74, 6) is -3.06. The lowest BCUT2D eigenvalue weighted by Crippen LogP contribution is -2.52. The predicted octanol–water partition coefficient (Wildman–Crippen LogP) is 0.959. The highest BCUT2D eigenvalue weighted by molar-refractivity contribution is 5.23. The quantitative estimate of drug-likeness (QED) is 0.770. The minimum Gasteiger partial charge on any atom is -0.390 e. The standard InChI is InChI=1S/C13H16F3NO2/c14-4-10(7-1-8(15)3-9(16)2-7)11-5-17-6-12(18)13(11)19/h1-3,10-13,17-19H,4-6H2/t10-,11+,12+,13+/m0/s1. The maximum Gasteiger partial charge on any atom is 0.126 e. The number of aliphatic hydroxyl groups is 2. The molecule has 1 heterocycles. The van der Waals surface area contributed by atoms with Crippen LogP contribution in [0.4, 0.5) is 13.2 Å². The summed E-state index contributed by atoms with van der Waals surface area (Å²) >= 11 is 0. The predicted molar refractivity (Wildman–Crippen MR) is 63.4 cm³/mol. The topological polar surface area (TPSA) is 52.5 Å². The number of aliphatic hydroxyl groups excluding tert-OH is 2. The van der Waals surface area contributed by atoms with E-state index >= 15 is 0 Å². The average Bonchev–Trinajstić information content (AvgIpc) is 2.34. The van der Waals surface area contributed by atoms with Crippen LogP contribution in [0.5, 0.6) is 0 Å². The highest BCUT2D eigenvalue weighted by atomic mass is 19.1. The minimum atomic E-state index is -1.12. The summed E-state index contributed by atoms with van der Waals surface area (Å²) in [7, 11) is 0. The fourth-order valence-electron chi connectivity index (χ4n) is 2.54. The molecule has 0 aliphatic carbocycles. The molecule has 3 nitrogen and oxygen atoms in total. The molecule has 1 aromatic carbocycles. The van der Waals surface area contributed by atoms with Crippen molar-refractivity contribution in [1.82, 2.24) is 5.32 Å². The molecular weight excluding hydrogens is 259 g/mol. The number of alkyl halides is 1. The van der Waals surface area contributed by atoms with Crippen molar-refractivity contribution in [2.24, 2.45) is 5.92 Å². The summed E-state index contributed by atoms with van der Waals surface area (Å²) < 4.78 is 39.6. The molecule has 6 heteroatoms. The lowest BCUT2D eigenvalue weighted by atomic mass is 9.79. The summed E-state index contributed by atoms with van der Waals surface area (Å²) in [5, 5.41) is 22.3. The summed E-state index contributed by atoms with van der Waals surface area (Å²) in [6.07, 6.45) is -2.13. The number of rotatable bonds is 3. The number of benzene rings is 1. The molecule has 1 aliphatic heterocycles. The van der Waals surface area contributed by atoms with Crippen molar-refractivity contribution in [2.75, 3.05) is 19.8 Å². The summed E-state index contributed by atoms with van der Waals surface area (Å²) in [4.78, 5) is 0. The van der Waals surface area contributed by atoms with Gasteiger partial charge in [0.1, 0.15) is 11.6 Å². The van der Waals surface area contributed by atoms with Crippen LogP contribution in [0, 0.1) is 17.6 Å². The Balaban J connectivity index is 2.28. The van der Waals surface area contributed by atoms with E-state index in [4.69, 9.17) is 0 Å². The molecule has 1 fully saturated rings. The number of piperidine rings is 1. The van der Waals surface area contributed by atoms with Gasteiger partial charge in [0.15, 0.2) is 0 Å². The van der Waals surface area contributed by atoms with E-state index in [2.05, 4.69) is 5.32 Å². The first-order valence-electron chi connectivity index (χ1n) is 6.11. The zero-order valence-corrected chi connectivity index (χ0v) is 10.2. The average molecular weight is 275 g/mol. The van der Waals surface area contributed by atoms with Crippen molar-refractivity contribution in [3.63, 3.8) is 0 Å². The highest BCUT2D eigenvalue weighted by Crippen LogP contribution is 2.31. The SMILES string of the molecule is O[C@@H]1[C@@H]([C@@H](CF)c2cc(F)cc(F)c2)CNC[C@H]1O. The third-order valence-corrected chi connectivity index (χ3v) is 3.56. The number of hydrogen-bond acceptors (Lipinski definition) is 3. The Kier molecular flexibility index (Phi) is 4.44. The van der Waals surface area contributed by atoms with Gasteiger partial charge in [-0.15, -0.1) is 0 Å². The second-order valence-corrected chi connectivity index (χ2v) is 4.84. The number of hydrogen-bond donors (Lipinski definition) is 3. The van der Waals surface area contributed by atoms with Crippen LogP contribution >= 0.6 is 0 Å². The van der Waals surface area contributed by atoms with Crippen LogP contribution in [-0.2, 0) is 0 Å². The lowest BCUT2D eigenvalue weighted by Gasteiger charge is -2.36. The maximum absolute atomic E-state index is 13.2. The summed E-state index contributed by atoms with van der Waals surface area (Å²) in [6.45, 7) is -0.363. The second-order valence-electron chi connectivity index (χ2n) is 4.84. The first-order chi connectivity index (χ1) is 9.02. The highest BCUT2D eigenvalue weighted by Gasteiger charge is 2.36. The van der Waals surface area contributed by atoms with Crippen molar-refractivity contribution in [3.05, 3.63) is 35.4 Å². The van der Waals surface area contributed by atoms with E-state index in [1.54, 1.807) is 0 Å². The molecule has 0 saturated carbocycles. The van der Waals surface area contributed by atoms with Gasteiger partial charge >= 0.3 is 0 Å². The van der Waals surface area contributed by atoms with Gasteiger partial charge in [-0.25, -0.2) is 8.78 Å². The van der Waals surface area contributed by atoms with E-state index in [1.807, 2.05) is 0 Å². The maximum atomic E-state index is 13.2. The normalized spacial score (nSPS) is 29.2. The minimum absolute atomic E-state index is 0.153. The molecule has 0 unspecified atom stereocenters. The van der Waals surface area contributed by atoms with Gasteiger partial charge in [0.25, 0.3) is 0 Å². The Morgan fingerprint density at radius 3 is 2.37 bits per heavy atom. The molecule has 0 spiro atoms. The van der Waals surface area contributed by atoms with Gasteiger partial charge in [-0.3, -0.25) is 4.39 Å². The molecule has 0 aromatic heterocycles. The molecule has 3 N–H and O–H groups in total. The largest absolute Gasteiger partial charge is 0.390 e. The van der Waals surface area contributed by atoms with E-state index in [1.165, 1.54) is 0 Å². The first kappa shape index (κ1) is 14.3. The van der Waals surface area contributed by atoms with Gasteiger partial charge < -0.3 is 15.5 Å². The molecule has 0 amide bonds. The van der Waals surface area contributed by atoms with Gasteiger partial charge in [0.05, 0.1) is 18.9 Å². The Morgan fingerprint density at radius 2 is 1.79 bits per heavy atom. The fraction of sp³-hybridized carbons (Fsp3) is 0.538. The van der Waals surface area contributed by atoms with E-state index < -0.39 is 42.4 Å². The third kappa shape index (κ3) is 3.08. The van der Waals surface area contributed by atoms with Crippen LogP contribution in [0.1, 0.15) is 11.5 Å². The van der Waals surface area contributed by atoms with Crippen molar-refractivity contribution >= 4 is 0 Å². The molecule has 4 atom stereocenters. The lowest BCUT2D eigenvalue weighted by molar-refractivity contribution is -0.0445. The van der Waals surface area contributed by atoms with Crippen LogP contribution in [0.25, 0.3) is 0 Å². The zero-order chi connectivity index (χ0) is 14.0. The molecule has 106 valence electrons. The molecular formula is C13H16F3NO2. The summed E-state index contributed by atoms with van der Waals surface area (Å²) in [5.41, 5.74) is 0.153. The van der Waals surface area contributed by atoms with Crippen LogP contribution in [0.15, 0.2) is 18.2 Å². The van der Waals surface area contributed by atoms with Gasteiger partial charge in [-0.2, -0.15) is 0 Å². The van der Waals surface area contributed by atoms with Crippen molar-refractivity contribution < 1.29 is 23.4 Å². The second kappa shape index (κ2) is 5.90. The third-order valence-electron chi connectivity index (χ3n) is 3.56. The number of halogens is 3. The van der Waals surface area contributed by atoms with Gasteiger partial charge in [-0.1, -0.05) is 0 Å². The molecule has 19 heavy (non-hydrogen) atoms. The Labute approximate surface area is 109 Å². The van der Waals surface area contributed by atoms with Crippen LogP contribution in [0.2, 0.25) is 0 Å². The Hall–Kier alpha value is -1.11. The van der Waals surface area contributed by atoms with E-state index in [9.17, 15) is 23.4 Å². The molecule has 2 rings (SSSR count). The zero-order valence-electron chi connectivity index (χ0n) is 10.2. The molecule has 1 aliphatic rings. The van der Waals surface area contributed by atoms with E-state index in [0.717, 1.165) is 12.1 Å². The van der Waals surface area contributed by atoms with Crippen LogP contribution < -0.4 is 5.32 Å². The van der Waals surface area contributed by atoms with Crippen molar-refractivity contribution in [3.8, 4) is 0 Å². The monoisotopic (exact) mass is 275 g/mol. The van der Waals surface area contributed by atoms with Gasteiger partial charge in [-0.05, 0) is 17.7 Å². The van der Waals surface area contributed by atoms with Crippen molar-refractivity contribution in [1.29, 1.82) is 0 Å². The van der Waals surface area contributed by atoms with E-state index in [0.29, 0.717) is 6.07 Å². The van der Waals surface area contributed by atoms with E-state index in [-0.39, 0.29) is 18.7 Å². The first-order valence-corrected chi connectivity index (χ1v) is 6.11. The van der Waals surface area contributed by atoms with Crippen LogP contribution in [-0.4, -0.2) is 42.2 Å². The molecule has 1 aromatic rings. The molecule has 0 bridgehead atoms. The number of β-amino-alcohol motifs (C(OH)–C–C–N with tert-alkyl or cyclic N) is 1. The smallest absolute Gasteiger partial charge is 0.126 e. The molecule has 0 radical (unpaired) electrons. The summed E-state index contributed by atoms with van der Waals surface area (Å²) in [6, 6.07) is 2.82. The Bertz CT molecular complexity index is 424. The number of nitrogens with one attached hydrogen (secondary N) is 1. The van der Waals surface area contributed by atoms with Gasteiger partial charge in [0.2, 0.25) is 0 Å².